The van der Waals surface area contributed by atoms with E-state index >= 15 is 0 Å². The number of carbonyl (C=O) groups excluding carboxylic acids is 1. The van der Waals surface area contributed by atoms with Crippen LogP contribution < -0.4 is 5.32 Å². The van der Waals surface area contributed by atoms with E-state index in [9.17, 15) is 31.5 Å². The molecule has 0 saturated heterocycles. The van der Waals surface area contributed by atoms with Crippen molar-refractivity contribution in [3.05, 3.63) is 130 Å². The highest BCUT2D eigenvalue weighted by molar-refractivity contribution is 6.02. The molecule has 2 N–H and O–H groups in total. The van der Waals surface area contributed by atoms with Gasteiger partial charge in [-0.1, -0.05) is 24.3 Å². The molecule has 0 atom stereocenters. The van der Waals surface area contributed by atoms with Crippen LogP contribution in [0, 0.1) is 11.6 Å². The van der Waals surface area contributed by atoms with Crippen LogP contribution >= 0.6 is 0 Å². The van der Waals surface area contributed by atoms with Crippen molar-refractivity contribution < 1.29 is 36.6 Å². The van der Waals surface area contributed by atoms with Gasteiger partial charge >= 0.3 is 12.1 Å². The highest BCUT2D eigenvalue weighted by atomic mass is 19.4. The van der Waals surface area contributed by atoms with Gasteiger partial charge in [-0.2, -0.15) is 18.3 Å². The van der Waals surface area contributed by atoms with E-state index in [1.807, 2.05) is 0 Å². The summed E-state index contributed by atoms with van der Waals surface area (Å²) < 4.78 is 68.9. The van der Waals surface area contributed by atoms with Gasteiger partial charge in [0.1, 0.15) is 11.6 Å². The number of carboxylic acids is 1. The quantitative estimate of drug-likeness (QED) is 0.220. The number of aromatic carboxylic acids is 1. The zero-order chi connectivity index (χ0) is 29.3. The van der Waals surface area contributed by atoms with Gasteiger partial charge in [-0.05, 0) is 59.7 Å². The van der Waals surface area contributed by atoms with Gasteiger partial charge in [0, 0.05) is 35.9 Å². The van der Waals surface area contributed by atoms with Gasteiger partial charge < -0.3 is 10.4 Å². The van der Waals surface area contributed by atoms with Crippen molar-refractivity contribution in [2.45, 2.75) is 19.1 Å². The molecule has 0 aliphatic carbocycles. The molecule has 11 heteroatoms. The third-order valence-corrected chi connectivity index (χ3v) is 6.50. The third kappa shape index (κ3) is 5.93. The Kier molecular flexibility index (Phi) is 7.27. The molecular formula is C30H20F5N3O3. The number of amides is 1. The zero-order valence-electron chi connectivity index (χ0n) is 21.0. The highest BCUT2D eigenvalue weighted by Gasteiger charge is 2.30. The number of alkyl halides is 3. The van der Waals surface area contributed by atoms with Crippen LogP contribution in [0.25, 0.3) is 16.6 Å². The SMILES string of the molecule is O=C(O)c1ccc(CNC(=O)c2cc(-c3cc(F)ccc3F)cn3ncc(Cc4ccc(C(F)(F)F)cc4)c23)cc1. The normalized spacial score (nSPS) is 11.5. The Balaban J connectivity index is 1.53. The van der Waals surface area contributed by atoms with Gasteiger partial charge in [-0.15, -0.1) is 0 Å². The van der Waals surface area contributed by atoms with E-state index in [0.717, 1.165) is 30.3 Å². The summed E-state index contributed by atoms with van der Waals surface area (Å²) in [5.74, 6) is -3.07. The predicted octanol–water partition coefficient (Wildman–Crippen LogP) is 6.52. The molecule has 2 aromatic heterocycles. The fourth-order valence-electron chi connectivity index (χ4n) is 4.43. The summed E-state index contributed by atoms with van der Waals surface area (Å²) in [6.07, 6.45) is -1.44. The molecule has 0 saturated carbocycles. The number of benzene rings is 3. The van der Waals surface area contributed by atoms with E-state index in [0.29, 0.717) is 22.2 Å². The fraction of sp³-hybridized carbons (Fsp3) is 0.100. The lowest BCUT2D eigenvalue weighted by molar-refractivity contribution is -0.137. The number of nitrogens with one attached hydrogen (secondary N) is 1. The number of hydrogen-bond acceptors (Lipinski definition) is 3. The average molecular weight is 565 g/mol. The molecule has 3 aromatic carbocycles. The number of halogens is 5. The molecule has 5 rings (SSSR count). The average Bonchev–Trinajstić information content (AvgIpc) is 3.35. The van der Waals surface area contributed by atoms with E-state index in [-0.39, 0.29) is 35.2 Å². The molecule has 0 aliphatic heterocycles. The van der Waals surface area contributed by atoms with Gasteiger partial charge in [0.15, 0.2) is 0 Å². The molecule has 0 unspecified atom stereocenters. The van der Waals surface area contributed by atoms with Gasteiger partial charge in [0.25, 0.3) is 5.91 Å². The molecule has 41 heavy (non-hydrogen) atoms. The Morgan fingerprint density at radius 1 is 0.902 bits per heavy atom. The van der Waals surface area contributed by atoms with Crippen molar-refractivity contribution >= 4 is 17.4 Å². The first kappa shape index (κ1) is 27.5. The minimum Gasteiger partial charge on any atom is -0.478 e. The van der Waals surface area contributed by atoms with E-state index < -0.39 is 35.3 Å². The number of carbonyl (C=O) groups is 2. The number of aromatic nitrogens is 2. The van der Waals surface area contributed by atoms with Crippen LogP contribution in [0.15, 0.2) is 85.2 Å². The van der Waals surface area contributed by atoms with Crippen LogP contribution in [0.3, 0.4) is 0 Å². The van der Waals surface area contributed by atoms with Crippen molar-refractivity contribution in [1.82, 2.24) is 14.9 Å². The van der Waals surface area contributed by atoms with Gasteiger partial charge in [-0.25, -0.2) is 18.1 Å². The van der Waals surface area contributed by atoms with Crippen molar-refractivity contribution in [1.29, 1.82) is 0 Å². The first-order chi connectivity index (χ1) is 19.5. The summed E-state index contributed by atoms with van der Waals surface area (Å²) >= 11 is 0. The fourth-order valence-corrected chi connectivity index (χ4v) is 4.43. The van der Waals surface area contributed by atoms with E-state index in [4.69, 9.17) is 5.11 Å². The minimum absolute atomic E-state index is 0.0336. The number of pyridine rings is 1. The number of carboxylic acid groups (broad SMARTS) is 1. The van der Waals surface area contributed by atoms with Crippen LogP contribution in [0.2, 0.25) is 0 Å². The van der Waals surface area contributed by atoms with Crippen molar-refractivity contribution in [2.75, 3.05) is 0 Å². The Morgan fingerprint density at radius 2 is 1.59 bits per heavy atom. The van der Waals surface area contributed by atoms with E-state index in [2.05, 4.69) is 10.4 Å². The maximum atomic E-state index is 14.6. The summed E-state index contributed by atoms with van der Waals surface area (Å²) in [6, 6.07) is 14.8. The smallest absolute Gasteiger partial charge is 0.416 e. The lowest BCUT2D eigenvalue weighted by Crippen LogP contribution is -2.24. The Morgan fingerprint density at radius 3 is 2.24 bits per heavy atom. The standard InChI is InChI=1S/C30H20F5N3O3/c31-23-9-10-26(32)24(13-23)21-12-25(28(39)36-14-18-1-5-19(6-2-18)29(40)41)27-20(15-37-38(27)16-21)11-17-3-7-22(8-4-17)30(33,34)35/h1-10,12-13,15-16H,11,14H2,(H,36,39)(H,40,41). The molecule has 2 heterocycles. The summed E-state index contributed by atoms with van der Waals surface area (Å²) in [5.41, 5.74) is 1.46. The van der Waals surface area contributed by atoms with Gasteiger partial charge in [0.2, 0.25) is 0 Å². The first-order valence-electron chi connectivity index (χ1n) is 12.2. The molecule has 208 valence electrons. The summed E-state index contributed by atoms with van der Waals surface area (Å²) in [6.45, 7) is 0.0336. The van der Waals surface area contributed by atoms with Crippen LogP contribution in [0.4, 0.5) is 22.0 Å². The second-order valence-corrected chi connectivity index (χ2v) is 9.29. The second kappa shape index (κ2) is 10.8. The number of hydrogen-bond donors (Lipinski definition) is 2. The molecule has 6 nitrogen and oxygen atoms in total. The number of nitrogens with zero attached hydrogens (tertiary/aromatic N) is 2. The largest absolute Gasteiger partial charge is 0.478 e. The van der Waals surface area contributed by atoms with Crippen molar-refractivity contribution in [2.24, 2.45) is 0 Å². The molecule has 0 aliphatic rings. The lowest BCUT2D eigenvalue weighted by Gasteiger charge is -2.12. The number of fused-ring (bicyclic) bond motifs is 1. The maximum Gasteiger partial charge on any atom is 0.416 e. The Bertz CT molecular complexity index is 1760. The molecule has 0 fully saturated rings. The predicted molar refractivity (Wildman–Crippen MR) is 139 cm³/mol. The third-order valence-electron chi connectivity index (χ3n) is 6.50. The first-order valence-corrected chi connectivity index (χ1v) is 12.2. The summed E-state index contributed by atoms with van der Waals surface area (Å²) in [7, 11) is 0. The zero-order valence-corrected chi connectivity index (χ0v) is 21.0. The minimum atomic E-state index is -4.48. The van der Waals surface area contributed by atoms with E-state index in [1.54, 1.807) is 12.1 Å². The van der Waals surface area contributed by atoms with Crippen LogP contribution in [0.5, 0.6) is 0 Å². The van der Waals surface area contributed by atoms with Gasteiger partial charge in [-0.3, -0.25) is 4.79 Å². The van der Waals surface area contributed by atoms with E-state index in [1.165, 1.54) is 47.2 Å². The van der Waals surface area contributed by atoms with Crippen LogP contribution in [0.1, 0.15) is 43.0 Å². The van der Waals surface area contributed by atoms with Gasteiger partial charge in [0.05, 0.1) is 28.4 Å². The highest BCUT2D eigenvalue weighted by Crippen LogP contribution is 2.31. The molecular weight excluding hydrogens is 545 g/mol. The monoisotopic (exact) mass is 565 g/mol. The maximum absolute atomic E-state index is 14.6. The van der Waals surface area contributed by atoms with Crippen LogP contribution in [-0.2, 0) is 19.1 Å². The summed E-state index contributed by atoms with van der Waals surface area (Å²) in [5, 5.41) is 16.1. The summed E-state index contributed by atoms with van der Waals surface area (Å²) in [4.78, 5) is 24.6. The molecule has 0 bridgehead atoms. The van der Waals surface area contributed by atoms with Crippen molar-refractivity contribution in [3.63, 3.8) is 0 Å². The molecule has 0 radical (unpaired) electrons. The molecule has 0 spiro atoms. The second-order valence-electron chi connectivity index (χ2n) is 9.29. The van der Waals surface area contributed by atoms with Crippen molar-refractivity contribution in [3.8, 4) is 11.1 Å². The molecule has 1 amide bonds. The number of rotatable bonds is 7. The molecule has 5 aromatic rings. The Hall–Kier alpha value is -5.06. The van der Waals surface area contributed by atoms with Crippen LogP contribution in [-0.4, -0.2) is 26.6 Å². The Labute approximate surface area is 229 Å². The lowest BCUT2D eigenvalue weighted by atomic mass is 9.99. The topological polar surface area (TPSA) is 83.7 Å².